The van der Waals surface area contributed by atoms with E-state index in [1.165, 1.54) is 182 Å². The summed E-state index contributed by atoms with van der Waals surface area (Å²) in [6.45, 7) is 15.7. The number of hydrogen-bond donors (Lipinski definition) is 10. The van der Waals surface area contributed by atoms with Gasteiger partial charge in [-0.25, -0.2) is 72.8 Å². The van der Waals surface area contributed by atoms with E-state index in [-0.39, 0.29) is 147 Å². The first-order chi connectivity index (χ1) is 57.7. The second-order valence-corrected chi connectivity index (χ2v) is 30.6. The quantitative estimate of drug-likeness (QED) is 0.00846. The summed E-state index contributed by atoms with van der Waals surface area (Å²) < 4.78 is 88.5. The van der Waals surface area contributed by atoms with E-state index in [1.807, 2.05) is 38.1 Å². The third-order valence-electron chi connectivity index (χ3n) is 16.9. The number of carbonyl (C=O) groups is 4. The van der Waals surface area contributed by atoms with Crippen LogP contribution in [0.15, 0.2) is 134 Å². The van der Waals surface area contributed by atoms with Crippen molar-refractivity contribution >= 4 is 174 Å². The molecule has 666 valence electrons. The number of aromatic nitrogens is 10. The van der Waals surface area contributed by atoms with Crippen LogP contribution in [0.3, 0.4) is 0 Å². The van der Waals surface area contributed by atoms with Gasteiger partial charge >= 0.3 is 46.2 Å². The van der Waals surface area contributed by atoms with Crippen molar-refractivity contribution in [2.75, 3.05) is 61.0 Å². The second-order valence-electron chi connectivity index (χ2n) is 28.7. The summed E-state index contributed by atoms with van der Waals surface area (Å²) in [7, 11) is 5.66. The van der Waals surface area contributed by atoms with Crippen LogP contribution in [0.25, 0.3) is 0 Å². The molecule has 0 atom stereocenters. The van der Waals surface area contributed by atoms with Crippen molar-refractivity contribution in [3.05, 3.63) is 240 Å². The molecule has 0 aliphatic heterocycles. The number of rotatable bonds is 20. The Morgan fingerprint density at radius 1 is 0.472 bits per heavy atom. The van der Waals surface area contributed by atoms with E-state index < -0.39 is 75.2 Å². The molecule has 0 spiro atoms. The van der Waals surface area contributed by atoms with Crippen molar-refractivity contribution in [3.63, 3.8) is 0 Å². The standard InChI is InChI=1S/C23H24FN5O2.C17H17ClFN3O2.C16H18ClFN4O3.C8H8Cl2N2O2.C8H11FN2O.C6H8N2.C3H5.BrH.Mg.2O2S/c1-13-5-4-10-25-22(13)27-17-11-19(26-12-15(17)20(30)14-6-7-14)28-18-9-8-16(21(24)29-18)23(2,3)31;1-17(2,24)11-5-6-13(22-16(11)19)21-14-7-12(18)10(8-20-14)15(23)9-3-4-9;1-16(2,24)10-5-6-12(21-14(10)18)20-13-7-11(17)9(8-19-13)15(23)22(3)25-4;1-12(14-2)8(13)5-4-11-7(10)3-6(5)9;1-8(2,12)5-3-4-6(10)11-7(5)9;1-5-3-2-4-8-6(5)7;1-2-3-1;;;2*1-3-2/h4-5,8-12,14,31H,6-7H2,1-3H3,(H2,25,26,27,28,29);5-9,24H,3-4H2,1-2H3,(H,20,21,22);5-8,24H,1-4H3,(H,19,20,21);3-4H,1-2H3;3-4,12H,1-2H3,(H2,10,11);2-4H,1H3,(H2,7,8);1H,2-3H2;1H;;;/q;;;;;;-1;;+2;;/p-1. The maximum atomic E-state index is 14.3. The Bertz CT molecular complexity index is 5370. The minimum Gasteiger partial charge on any atom is -1.00 e. The molecule has 10 aromatic heterocycles. The predicted octanol–water partition coefficient (Wildman–Crippen LogP) is 11.6. The first-order valence-electron chi connectivity index (χ1n) is 36.7. The minimum atomic E-state index is -1.34. The molecule has 0 unspecified atom stereocenters. The number of aliphatic hydroxyl groups is 4. The van der Waals surface area contributed by atoms with Gasteiger partial charge in [-0.1, -0.05) is 58.5 Å². The van der Waals surface area contributed by atoms with Gasteiger partial charge in [0.05, 0.1) is 79.6 Å². The maximum Gasteiger partial charge on any atom is 2.00 e. The largest absolute Gasteiger partial charge is 2.00 e. The molecule has 44 heteroatoms. The van der Waals surface area contributed by atoms with E-state index in [0.29, 0.717) is 45.1 Å². The van der Waals surface area contributed by atoms with Gasteiger partial charge in [-0.2, -0.15) is 34.4 Å². The summed E-state index contributed by atoms with van der Waals surface area (Å²) in [5.41, 5.74) is 9.72. The molecular formula is C81H91BrCl4F4MgN18O14S2. The average molecular weight is 1930 g/mol. The summed E-state index contributed by atoms with van der Waals surface area (Å²) in [6.07, 6.45) is 17.5. The summed E-state index contributed by atoms with van der Waals surface area (Å²) >= 11 is 22.1. The molecule has 10 heterocycles. The second kappa shape index (κ2) is 51.0. The van der Waals surface area contributed by atoms with Crippen molar-refractivity contribution in [1.29, 1.82) is 0 Å². The first kappa shape index (κ1) is 109. The van der Waals surface area contributed by atoms with E-state index >= 15 is 0 Å². The molecule has 0 bridgehead atoms. The van der Waals surface area contributed by atoms with E-state index in [4.69, 9.17) is 84.4 Å². The zero-order chi connectivity index (χ0) is 92.0. The molecular weight excluding hydrogens is 1840 g/mol. The van der Waals surface area contributed by atoms with Gasteiger partial charge in [0, 0.05) is 104 Å². The molecule has 10 aromatic rings. The van der Waals surface area contributed by atoms with Crippen molar-refractivity contribution in [2.45, 2.75) is 130 Å². The van der Waals surface area contributed by atoms with Crippen molar-refractivity contribution < 1.29 is 101 Å². The number of pyridine rings is 10. The minimum absolute atomic E-state index is 0. The normalized spacial score (nSPS) is 12.0. The Morgan fingerprint density at radius 3 is 1.11 bits per heavy atom. The third-order valence-corrected chi connectivity index (χ3v) is 18.0. The maximum absolute atomic E-state index is 14.3. The van der Waals surface area contributed by atoms with Crippen molar-refractivity contribution in [1.82, 2.24) is 60.0 Å². The van der Waals surface area contributed by atoms with Crippen LogP contribution in [0.4, 0.5) is 75.6 Å². The molecule has 32 nitrogen and oxygen atoms in total. The number of amides is 2. The van der Waals surface area contributed by atoms with Crippen LogP contribution in [0.1, 0.15) is 169 Å². The molecule has 3 aliphatic carbocycles. The molecule has 0 radical (unpaired) electrons. The Balaban J connectivity index is 0.000000393. The number of hydrogen-bond acceptors (Lipinski definition) is 30. The number of nitrogen functional groups attached to an aromatic ring is 2. The number of nitrogens with one attached hydrogen (secondary N) is 4. The van der Waals surface area contributed by atoms with E-state index in [0.717, 1.165) is 46.9 Å². The van der Waals surface area contributed by atoms with Gasteiger partial charge in [-0.15, -0.1) is 0 Å². The predicted molar refractivity (Wildman–Crippen MR) is 464 cm³/mol. The topological polar surface area (TPSA) is 471 Å². The zero-order valence-corrected chi connectivity index (χ0v) is 77.7. The van der Waals surface area contributed by atoms with Gasteiger partial charge in [0.2, 0.25) is 23.8 Å². The van der Waals surface area contributed by atoms with Gasteiger partial charge in [-0.05, 0) is 173 Å². The van der Waals surface area contributed by atoms with Crippen LogP contribution in [-0.2, 0) is 55.2 Å². The number of anilines is 10. The average Bonchev–Trinajstić information content (AvgIpc) is 1.65. The summed E-state index contributed by atoms with van der Waals surface area (Å²) in [5.74, 6) is -0.656. The van der Waals surface area contributed by atoms with Crippen LogP contribution in [0.2, 0.25) is 20.2 Å². The van der Waals surface area contributed by atoms with Crippen molar-refractivity contribution in [3.8, 4) is 0 Å². The van der Waals surface area contributed by atoms with Gasteiger partial charge < -0.3 is 76.6 Å². The van der Waals surface area contributed by atoms with E-state index in [2.05, 4.69) is 77.5 Å². The first-order valence-corrected chi connectivity index (χ1v) is 39.6. The molecule has 3 aliphatic rings. The van der Waals surface area contributed by atoms with Crippen LogP contribution in [0.5, 0.6) is 0 Å². The Labute approximate surface area is 772 Å². The molecule has 0 aromatic carbocycles. The number of hydroxylamine groups is 4. The molecule has 3 fully saturated rings. The SMILES string of the molecule is CC(C)(O)c1ccc(N)nc1F.CC(C)(O)c1ccc(Nc2cc(Cl)c(C(=O)C3CC3)cn2)nc1F.CON(C)C(=O)c1cnc(Cl)cc1Cl.CON(C)C(=O)c1cnc(Nc2ccc(C(C)(C)O)c(F)n2)cc1Cl.Cc1cccnc1N.Cc1cccnc1Nc1cc(Nc2ccc(C(C)(C)O)c(F)n2)ncc1C(=O)C1CC1.O=S=O.O=S=O.[Br-].[CH-]1CC1.[Mg+2]. The van der Waals surface area contributed by atoms with Crippen LogP contribution in [0, 0.1) is 55.9 Å². The number of ketones is 2. The number of Topliss-reactive ketones (excluding diaryl/α,β-unsaturated/α-hetero) is 2. The Kier molecular flexibility index (Phi) is 44.6. The molecule has 13 rings (SSSR count). The molecule has 125 heavy (non-hydrogen) atoms. The van der Waals surface area contributed by atoms with Gasteiger partial charge in [0.15, 0.2) is 11.6 Å². The van der Waals surface area contributed by atoms with E-state index in [9.17, 15) is 57.2 Å². The molecule has 0 saturated heterocycles. The summed E-state index contributed by atoms with van der Waals surface area (Å²) in [6, 6.07) is 25.4. The fraction of sp³-hybridized carbons (Fsp3) is 0.321. The smallest absolute Gasteiger partial charge is 1.00 e. The number of aryl methyl sites for hydroxylation is 2. The number of carbonyl (C=O) groups excluding carboxylic acids is 4. The van der Waals surface area contributed by atoms with Crippen LogP contribution < -0.4 is 49.7 Å². The number of nitrogens with zero attached hydrogens (tertiary/aromatic N) is 12. The molecule has 3 saturated carbocycles. The van der Waals surface area contributed by atoms with Crippen molar-refractivity contribution in [2.24, 2.45) is 11.8 Å². The fourth-order valence-corrected chi connectivity index (χ4v) is 10.7. The van der Waals surface area contributed by atoms with Crippen LogP contribution >= 0.6 is 46.4 Å². The fourth-order valence-electron chi connectivity index (χ4n) is 9.78. The summed E-state index contributed by atoms with van der Waals surface area (Å²) in [4.78, 5) is 97.1. The van der Waals surface area contributed by atoms with E-state index in [1.54, 1.807) is 24.5 Å². The summed E-state index contributed by atoms with van der Waals surface area (Å²) in [5, 5.41) is 54.0. The monoisotopic (exact) mass is 1920 g/mol. The number of nitrogens with two attached hydrogens (primary N) is 2. The third kappa shape index (κ3) is 36.2. The Hall–Kier alpha value is -9.89. The molecule has 12 N–H and O–H groups in total. The van der Waals surface area contributed by atoms with Gasteiger partial charge in [0.25, 0.3) is 11.8 Å². The molecule has 2 amide bonds. The zero-order valence-electron chi connectivity index (χ0n) is 70.0. The Morgan fingerprint density at radius 2 is 0.800 bits per heavy atom. The number of halogens is 9. The van der Waals surface area contributed by atoms with Crippen LogP contribution in [-0.4, -0.2) is 172 Å². The van der Waals surface area contributed by atoms with Gasteiger partial charge in [0.1, 0.15) is 57.5 Å². The van der Waals surface area contributed by atoms with Gasteiger partial charge in [-0.3, -0.25) is 28.9 Å².